The summed E-state index contributed by atoms with van der Waals surface area (Å²) in [4.78, 5) is 19.3. The maximum absolute atomic E-state index is 12.9. The highest BCUT2D eigenvalue weighted by molar-refractivity contribution is 5.84. The fraction of sp³-hybridized carbons (Fsp3) is 0.444. The second-order valence-electron chi connectivity index (χ2n) is 6.71. The molecule has 0 aromatic carbocycles. The Bertz CT molecular complexity index is 689. The molecule has 2 aromatic rings. The van der Waals surface area contributed by atoms with Crippen molar-refractivity contribution in [3.05, 3.63) is 54.2 Å². The molecule has 0 aliphatic carbocycles. The summed E-state index contributed by atoms with van der Waals surface area (Å²) in [6.45, 7) is 4.07. The van der Waals surface area contributed by atoms with Gasteiger partial charge < -0.3 is 14.5 Å². The molecular weight excluding hydrogens is 306 g/mol. The number of fused-ring (bicyclic) bond motifs is 1. The number of aromatic nitrogens is 1. The number of hydrogen-bond donors (Lipinski definition) is 1. The van der Waals surface area contributed by atoms with Crippen molar-refractivity contribution >= 4 is 5.91 Å². The van der Waals surface area contributed by atoms with E-state index in [4.69, 9.17) is 9.15 Å². The third-order valence-corrected chi connectivity index (χ3v) is 5.06. The molecule has 126 valence electrons. The lowest BCUT2D eigenvalue weighted by Gasteiger charge is -2.26. The van der Waals surface area contributed by atoms with Gasteiger partial charge in [0.05, 0.1) is 31.2 Å². The van der Waals surface area contributed by atoms with Crippen LogP contribution >= 0.6 is 0 Å². The van der Waals surface area contributed by atoms with E-state index >= 15 is 0 Å². The number of likely N-dealkylation sites (tertiary alicyclic amines) is 1. The van der Waals surface area contributed by atoms with Crippen LogP contribution in [0.5, 0.6) is 0 Å². The minimum absolute atomic E-state index is 0.0866. The number of furan rings is 1. The molecule has 0 spiro atoms. The van der Waals surface area contributed by atoms with Crippen LogP contribution in [0.1, 0.15) is 11.1 Å². The van der Waals surface area contributed by atoms with E-state index < -0.39 is 5.41 Å². The summed E-state index contributed by atoms with van der Waals surface area (Å²) in [5.41, 5.74) is 1.71. The highest BCUT2D eigenvalue weighted by atomic mass is 16.5. The lowest BCUT2D eigenvalue weighted by atomic mass is 9.80. The van der Waals surface area contributed by atoms with Crippen molar-refractivity contribution in [1.29, 1.82) is 0 Å². The van der Waals surface area contributed by atoms with Crippen molar-refractivity contribution in [3.8, 4) is 0 Å². The van der Waals surface area contributed by atoms with Crippen LogP contribution in [0.4, 0.5) is 0 Å². The SMILES string of the molecule is O=C(NCc1cccnc1)[C@]12COC[C@H]1CN(Cc1ccoc1)C2. The normalized spacial score (nSPS) is 26.4. The van der Waals surface area contributed by atoms with Gasteiger partial charge in [-0.15, -0.1) is 0 Å². The number of pyridine rings is 1. The average molecular weight is 327 g/mol. The number of ether oxygens (including phenoxy) is 1. The molecule has 24 heavy (non-hydrogen) atoms. The van der Waals surface area contributed by atoms with Gasteiger partial charge in [-0.05, 0) is 17.7 Å². The summed E-state index contributed by atoms with van der Waals surface area (Å²) in [6, 6.07) is 5.82. The number of amides is 1. The summed E-state index contributed by atoms with van der Waals surface area (Å²) >= 11 is 0. The van der Waals surface area contributed by atoms with Gasteiger partial charge in [0.2, 0.25) is 5.91 Å². The Morgan fingerprint density at radius 2 is 2.38 bits per heavy atom. The van der Waals surface area contributed by atoms with Gasteiger partial charge in [-0.1, -0.05) is 6.07 Å². The third kappa shape index (κ3) is 2.83. The molecule has 2 atom stereocenters. The van der Waals surface area contributed by atoms with Crippen LogP contribution in [-0.4, -0.2) is 42.1 Å². The maximum Gasteiger partial charge on any atom is 0.230 e. The van der Waals surface area contributed by atoms with Crippen LogP contribution in [0.2, 0.25) is 0 Å². The van der Waals surface area contributed by atoms with Gasteiger partial charge in [-0.3, -0.25) is 14.7 Å². The Labute approximate surface area is 140 Å². The highest BCUT2D eigenvalue weighted by Gasteiger charge is 2.55. The Kier molecular flexibility index (Phi) is 4.08. The summed E-state index contributed by atoms with van der Waals surface area (Å²) in [7, 11) is 0. The molecule has 2 aliphatic heterocycles. The topological polar surface area (TPSA) is 67.6 Å². The van der Waals surface area contributed by atoms with E-state index in [0.29, 0.717) is 19.8 Å². The molecule has 0 bridgehead atoms. The van der Waals surface area contributed by atoms with Crippen LogP contribution in [0, 0.1) is 11.3 Å². The van der Waals surface area contributed by atoms with Gasteiger partial charge >= 0.3 is 0 Å². The third-order valence-electron chi connectivity index (χ3n) is 5.06. The van der Waals surface area contributed by atoms with Crippen molar-refractivity contribution in [1.82, 2.24) is 15.2 Å². The van der Waals surface area contributed by atoms with E-state index in [9.17, 15) is 4.79 Å². The van der Waals surface area contributed by atoms with E-state index in [1.165, 1.54) is 0 Å². The molecule has 2 aliphatic rings. The molecular formula is C18H21N3O3. The molecule has 2 aromatic heterocycles. The Balaban J connectivity index is 1.42. The average Bonchev–Trinajstić information content (AvgIpc) is 3.30. The molecule has 6 heteroatoms. The lowest BCUT2D eigenvalue weighted by molar-refractivity contribution is -0.131. The first-order chi connectivity index (χ1) is 11.8. The largest absolute Gasteiger partial charge is 0.472 e. The molecule has 1 amide bonds. The Hall–Kier alpha value is -2.18. The van der Waals surface area contributed by atoms with Crippen LogP contribution < -0.4 is 5.32 Å². The van der Waals surface area contributed by atoms with E-state index in [1.54, 1.807) is 24.9 Å². The highest BCUT2D eigenvalue weighted by Crippen LogP contribution is 2.42. The fourth-order valence-electron chi connectivity index (χ4n) is 3.78. The predicted molar refractivity (Wildman–Crippen MR) is 86.8 cm³/mol. The monoisotopic (exact) mass is 327 g/mol. The molecule has 1 N–H and O–H groups in total. The molecule has 4 rings (SSSR count). The van der Waals surface area contributed by atoms with Gasteiger partial charge in [-0.2, -0.15) is 0 Å². The van der Waals surface area contributed by atoms with Crippen LogP contribution in [0.15, 0.2) is 47.5 Å². The number of carbonyl (C=O) groups is 1. The number of nitrogens with zero attached hydrogens (tertiary/aromatic N) is 2. The molecule has 6 nitrogen and oxygen atoms in total. The molecule has 0 unspecified atom stereocenters. The zero-order valence-corrected chi connectivity index (χ0v) is 13.5. The van der Waals surface area contributed by atoms with Crippen molar-refractivity contribution in [2.24, 2.45) is 11.3 Å². The van der Waals surface area contributed by atoms with Crippen LogP contribution in [-0.2, 0) is 22.6 Å². The number of rotatable bonds is 5. The van der Waals surface area contributed by atoms with Gasteiger partial charge in [-0.25, -0.2) is 0 Å². The summed E-state index contributed by atoms with van der Waals surface area (Å²) in [5.74, 6) is 0.335. The standard InChI is InChI=1S/C18H21N3O3/c22-17(20-7-14-2-1-4-19-6-14)18-12-21(8-15-3-5-23-10-15)9-16(18)11-24-13-18/h1-6,10,16H,7-9,11-13H2,(H,20,22)/t16-,18-/m1/s1. The van der Waals surface area contributed by atoms with Crippen molar-refractivity contribution in [2.75, 3.05) is 26.3 Å². The molecule has 2 saturated heterocycles. The summed E-state index contributed by atoms with van der Waals surface area (Å²) < 4.78 is 10.8. The second kappa shape index (κ2) is 6.37. The quantitative estimate of drug-likeness (QED) is 0.900. The van der Waals surface area contributed by atoms with Gasteiger partial charge in [0.25, 0.3) is 0 Å². The molecule has 0 saturated carbocycles. The first-order valence-corrected chi connectivity index (χ1v) is 8.25. The van der Waals surface area contributed by atoms with Crippen molar-refractivity contribution in [3.63, 3.8) is 0 Å². The zero-order valence-electron chi connectivity index (χ0n) is 13.5. The number of hydrogen-bond acceptors (Lipinski definition) is 5. The zero-order chi connectivity index (χ0) is 16.4. The smallest absolute Gasteiger partial charge is 0.230 e. The Morgan fingerprint density at radius 3 is 3.17 bits per heavy atom. The minimum atomic E-state index is -0.439. The number of carbonyl (C=O) groups excluding carboxylic acids is 1. The van der Waals surface area contributed by atoms with Crippen molar-refractivity contribution in [2.45, 2.75) is 13.1 Å². The first kappa shape index (κ1) is 15.4. The lowest BCUT2D eigenvalue weighted by Crippen LogP contribution is -2.46. The van der Waals surface area contributed by atoms with Crippen LogP contribution in [0.3, 0.4) is 0 Å². The van der Waals surface area contributed by atoms with E-state index in [0.717, 1.165) is 30.8 Å². The van der Waals surface area contributed by atoms with Crippen molar-refractivity contribution < 1.29 is 13.9 Å². The summed E-state index contributed by atoms with van der Waals surface area (Å²) in [5, 5.41) is 3.08. The van der Waals surface area contributed by atoms with Gasteiger partial charge in [0.1, 0.15) is 0 Å². The summed E-state index contributed by atoms with van der Waals surface area (Å²) in [6.07, 6.45) is 6.96. The van der Waals surface area contributed by atoms with E-state index in [-0.39, 0.29) is 11.8 Å². The van der Waals surface area contributed by atoms with Gasteiger partial charge in [0, 0.05) is 50.1 Å². The minimum Gasteiger partial charge on any atom is -0.472 e. The maximum atomic E-state index is 12.9. The fourth-order valence-corrected chi connectivity index (χ4v) is 3.78. The first-order valence-electron chi connectivity index (χ1n) is 8.25. The Morgan fingerprint density at radius 1 is 1.42 bits per heavy atom. The van der Waals surface area contributed by atoms with E-state index in [2.05, 4.69) is 15.2 Å². The molecule has 0 radical (unpaired) electrons. The number of nitrogens with one attached hydrogen (secondary N) is 1. The van der Waals surface area contributed by atoms with E-state index in [1.807, 2.05) is 18.2 Å². The van der Waals surface area contributed by atoms with Gasteiger partial charge in [0.15, 0.2) is 0 Å². The second-order valence-corrected chi connectivity index (χ2v) is 6.71. The predicted octanol–water partition coefficient (Wildman–Crippen LogP) is 1.44. The van der Waals surface area contributed by atoms with Crippen LogP contribution in [0.25, 0.3) is 0 Å². The molecule has 2 fully saturated rings. The molecule has 4 heterocycles.